The largest absolute Gasteiger partial charge is 0.492 e. The van der Waals surface area contributed by atoms with Crippen molar-refractivity contribution < 1.29 is 14.3 Å². The van der Waals surface area contributed by atoms with Gasteiger partial charge in [-0.15, -0.1) is 0 Å². The van der Waals surface area contributed by atoms with E-state index in [1.54, 1.807) is 36.4 Å². The molecule has 29 heavy (non-hydrogen) atoms. The van der Waals surface area contributed by atoms with Crippen molar-refractivity contribution in [1.82, 2.24) is 0 Å². The van der Waals surface area contributed by atoms with Crippen molar-refractivity contribution in [2.45, 2.75) is 20.8 Å². The van der Waals surface area contributed by atoms with Gasteiger partial charge in [0.05, 0.1) is 12.3 Å². The van der Waals surface area contributed by atoms with Crippen LogP contribution in [0, 0.1) is 13.8 Å². The summed E-state index contributed by atoms with van der Waals surface area (Å²) in [5, 5.41) is 5.74. The summed E-state index contributed by atoms with van der Waals surface area (Å²) in [7, 11) is 0. The van der Waals surface area contributed by atoms with Gasteiger partial charge in [-0.3, -0.25) is 9.59 Å². The summed E-state index contributed by atoms with van der Waals surface area (Å²) in [5.74, 6) is 0.0321. The number of ether oxygens (including phenoxy) is 1. The normalized spacial score (nSPS) is 10.3. The molecule has 0 aliphatic heterocycles. The highest BCUT2D eigenvalue weighted by Crippen LogP contribution is 2.24. The molecule has 5 nitrogen and oxygen atoms in total. The molecule has 3 aromatic rings. The maximum Gasteiger partial charge on any atom is 0.255 e. The fraction of sp³-hybridized carbons (Fsp3) is 0.167. The van der Waals surface area contributed by atoms with E-state index in [-0.39, 0.29) is 11.8 Å². The van der Waals surface area contributed by atoms with E-state index in [0.29, 0.717) is 29.2 Å². The number of carbonyl (C=O) groups is 2. The van der Waals surface area contributed by atoms with Crippen LogP contribution in [0.4, 0.5) is 11.4 Å². The first kappa shape index (κ1) is 20.1. The van der Waals surface area contributed by atoms with Crippen molar-refractivity contribution in [2.75, 3.05) is 17.2 Å². The molecular weight excluding hydrogens is 364 g/mol. The van der Waals surface area contributed by atoms with E-state index < -0.39 is 0 Å². The minimum atomic E-state index is -0.307. The average molecular weight is 388 g/mol. The fourth-order valence-electron chi connectivity index (χ4n) is 3.10. The Hall–Kier alpha value is -3.60. The summed E-state index contributed by atoms with van der Waals surface area (Å²) in [4.78, 5) is 25.3. The third kappa shape index (κ3) is 5.23. The van der Waals surface area contributed by atoms with Crippen molar-refractivity contribution >= 4 is 23.2 Å². The highest BCUT2D eigenvalue weighted by molar-refractivity contribution is 6.09. The fourth-order valence-corrected chi connectivity index (χ4v) is 3.10. The molecule has 0 aromatic heterocycles. The lowest BCUT2D eigenvalue weighted by molar-refractivity contribution is 0.102. The Morgan fingerprint density at radius 1 is 0.793 bits per heavy atom. The molecule has 0 aliphatic carbocycles. The van der Waals surface area contributed by atoms with E-state index in [2.05, 4.69) is 10.6 Å². The van der Waals surface area contributed by atoms with Gasteiger partial charge in [0.1, 0.15) is 5.75 Å². The quantitative estimate of drug-likeness (QED) is 0.609. The molecular formula is C24H24N2O3. The lowest BCUT2D eigenvalue weighted by Crippen LogP contribution is -2.16. The van der Waals surface area contributed by atoms with Gasteiger partial charge in [-0.05, 0) is 74.4 Å². The number of para-hydroxylation sites is 2. The van der Waals surface area contributed by atoms with Crippen molar-refractivity contribution in [2.24, 2.45) is 0 Å². The Morgan fingerprint density at radius 2 is 1.41 bits per heavy atom. The Labute approximate surface area is 170 Å². The molecule has 3 rings (SSSR count). The number of rotatable bonds is 6. The standard InChI is InChI=1S/C24H24N2O3/c1-4-29-22-11-6-5-10-21(22)26-24(28)19-9-7-8-18(15-19)23(27)25-20-13-16(2)12-17(3)14-20/h5-15H,4H2,1-3H3,(H,25,27)(H,26,28). The predicted octanol–water partition coefficient (Wildman–Crippen LogP) is 5.21. The Kier molecular flexibility index (Phi) is 6.29. The maximum atomic E-state index is 12.7. The second kappa shape index (κ2) is 9.06. The van der Waals surface area contributed by atoms with Crippen molar-refractivity contribution in [3.63, 3.8) is 0 Å². The number of amides is 2. The Bertz CT molecular complexity index is 1020. The molecule has 2 amide bonds. The van der Waals surface area contributed by atoms with Gasteiger partial charge in [0.25, 0.3) is 11.8 Å². The Balaban J connectivity index is 1.76. The zero-order valence-electron chi connectivity index (χ0n) is 16.8. The topological polar surface area (TPSA) is 67.4 Å². The van der Waals surface area contributed by atoms with Crippen LogP contribution < -0.4 is 15.4 Å². The molecule has 0 aliphatic rings. The molecule has 2 N–H and O–H groups in total. The second-order valence-corrected chi connectivity index (χ2v) is 6.79. The number of nitrogens with one attached hydrogen (secondary N) is 2. The molecule has 148 valence electrons. The van der Waals surface area contributed by atoms with E-state index in [4.69, 9.17) is 4.74 Å². The minimum Gasteiger partial charge on any atom is -0.492 e. The van der Waals surface area contributed by atoms with Crippen LogP contribution in [0.2, 0.25) is 0 Å². The number of hydrogen-bond acceptors (Lipinski definition) is 3. The van der Waals surface area contributed by atoms with Crippen LogP contribution in [0.25, 0.3) is 0 Å². The highest BCUT2D eigenvalue weighted by Gasteiger charge is 2.13. The maximum absolute atomic E-state index is 12.7. The first-order valence-electron chi connectivity index (χ1n) is 9.49. The van der Waals surface area contributed by atoms with Gasteiger partial charge in [0.15, 0.2) is 0 Å². The second-order valence-electron chi connectivity index (χ2n) is 6.79. The number of hydrogen-bond donors (Lipinski definition) is 2. The first-order chi connectivity index (χ1) is 14.0. The first-order valence-corrected chi connectivity index (χ1v) is 9.49. The summed E-state index contributed by atoms with van der Waals surface area (Å²) < 4.78 is 5.54. The molecule has 0 atom stereocenters. The molecule has 5 heteroatoms. The zero-order valence-corrected chi connectivity index (χ0v) is 16.8. The average Bonchev–Trinajstić information content (AvgIpc) is 2.69. The number of anilines is 2. The van der Waals surface area contributed by atoms with E-state index in [1.807, 2.05) is 51.1 Å². The third-order valence-corrected chi connectivity index (χ3v) is 4.30. The summed E-state index contributed by atoms with van der Waals surface area (Å²) in [5.41, 5.74) is 4.26. The third-order valence-electron chi connectivity index (χ3n) is 4.30. The van der Waals surface area contributed by atoms with E-state index >= 15 is 0 Å². The summed E-state index contributed by atoms with van der Waals surface area (Å²) in [6, 6.07) is 19.7. The van der Waals surface area contributed by atoms with Crippen LogP contribution in [0.3, 0.4) is 0 Å². The predicted molar refractivity (Wildman–Crippen MR) is 116 cm³/mol. The number of carbonyl (C=O) groups excluding carboxylic acids is 2. The van der Waals surface area contributed by atoms with Crippen molar-refractivity contribution in [3.05, 3.63) is 89.0 Å². The molecule has 0 radical (unpaired) electrons. The van der Waals surface area contributed by atoms with E-state index in [1.165, 1.54) is 0 Å². The van der Waals surface area contributed by atoms with Crippen LogP contribution in [-0.2, 0) is 0 Å². The number of aryl methyl sites for hydroxylation is 2. The van der Waals surface area contributed by atoms with Gasteiger partial charge in [-0.2, -0.15) is 0 Å². The summed E-state index contributed by atoms with van der Waals surface area (Å²) >= 11 is 0. The lowest BCUT2D eigenvalue weighted by Gasteiger charge is -2.12. The highest BCUT2D eigenvalue weighted by atomic mass is 16.5. The SMILES string of the molecule is CCOc1ccccc1NC(=O)c1cccc(C(=O)Nc2cc(C)cc(C)c2)c1. The Morgan fingerprint density at radius 3 is 2.07 bits per heavy atom. The molecule has 0 saturated carbocycles. The van der Waals surface area contributed by atoms with Gasteiger partial charge >= 0.3 is 0 Å². The summed E-state index contributed by atoms with van der Waals surface area (Å²) in [6.07, 6.45) is 0. The zero-order chi connectivity index (χ0) is 20.8. The lowest BCUT2D eigenvalue weighted by atomic mass is 10.1. The monoisotopic (exact) mass is 388 g/mol. The van der Waals surface area contributed by atoms with Crippen LogP contribution in [0.5, 0.6) is 5.75 Å². The van der Waals surface area contributed by atoms with Crippen molar-refractivity contribution in [3.8, 4) is 5.75 Å². The van der Waals surface area contributed by atoms with Crippen LogP contribution >= 0.6 is 0 Å². The minimum absolute atomic E-state index is 0.264. The van der Waals surface area contributed by atoms with Gasteiger partial charge < -0.3 is 15.4 Å². The number of benzene rings is 3. The van der Waals surface area contributed by atoms with E-state index in [0.717, 1.165) is 16.8 Å². The van der Waals surface area contributed by atoms with Gasteiger partial charge in [-0.1, -0.05) is 24.3 Å². The molecule has 0 unspecified atom stereocenters. The molecule has 0 heterocycles. The van der Waals surface area contributed by atoms with E-state index in [9.17, 15) is 9.59 Å². The molecule has 0 saturated heterocycles. The van der Waals surface area contributed by atoms with Crippen molar-refractivity contribution in [1.29, 1.82) is 0 Å². The van der Waals surface area contributed by atoms with Gasteiger partial charge in [0, 0.05) is 16.8 Å². The summed E-state index contributed by atoms with van der Waals surface area (Å²) in [6.45, 7) is 6.35. The molecule has 0 spiro atoms. The molecule has 0 fully saturated rings. The van der Waals surface area contributed by atoms with Crippen LogP contribution in [-0.4, -0.2) is 18.4 Å². The molecule has 0 bridgehead atoms. The molecule has 3 aromatic carbocycles. The van der Waals surface area contributed by atoms with Crippen LogP contribution in [0.15, 0.2) is 66.7 Å². The van der Waals surface area contributed by atoms with Gasteiger partial charge in [-0.25, -0.2) is 0 Å². The smallest absolute Gasteiger partial charge is 0.255 e. The van der Waals surface area contributed by atoms with Crippen LogP contribution in [0.1, 0.15) is 38.8 Å². The van der Waals surface area contributed by atoms with Gasteiger partial charge in [0.2, 0.25) is 0 Å².